The van der Waals surface area contributed by atoms with E-state index < -0.39 is 0 Å². The van der Waals surface area contributed by atoms with Crippen molar-refractivity contribution in [3.8, 4) is 0 Å². The molecule has 0 bridgehead atoms. The van der Waals surface area contributed by atoms with E-state index in [1.165, 1.54) is 11.5 Å². The smallest absolute Gasteiger partial charge is 0.245 e. The van der Waals surface area contributed by atoms with Gasteiger partial charge in [-0.25, -0.2) is 4.98 Å². The van der Waals surface area contributed by atoms with Crippen molar-refractivity contribution in [2.24, 2.45) is 0 Å². The summed E-state index contributed by atoms with van der Waals surface area (Å²) in [6.45, 7) is 6.50. The number of nitrogens with zero attached hydrogens (tertiary/aromatic N) is 3. The number of aromatic nitrogens is 2. The van der Waals surface area contributed by atoms with Crippen molar-refractivity contribution in [2.75, 3.05) is 25.1 Å². The third-order valence-electron chi connectivity index (χ3n) is 4.13. The van der Waals surface area contributed by atoms with Gasteiger partial charge in [0.15, 0.2) is 0 Å². The molecule has 1 atom stereocenters. The molecule has 21 heavy (non-hydrogen) atoms. The predicted octanol–water partition coefficient (Wildman–Crippen LogP) is 1.85. The van der Waals surface area contributed by atoms with Gasteiger partial charge in [-0.1, -0.05) is 13.8 Å². The lowest BCUT2D eigenvalue weighted by Gasteiger charge is -2.31. The minimum Gasteiger partial charge on any atom is -0.381 e. The fraction of sp³-hybridized carbons (Fsp3) is 0.786. The molecule has 6 nitrogen and oxygen atoms in total. The fourth-order valence-corrected chi connectivity index (χ4v) is 3.63. The molecular weight excluding hydrogens is 288 g/mol. The molecule has 0 radical (unpaired) electrons. The molecule has 2 fully saturated rings. The van der Waals surface area contributed by atoms with Crippen LogP contribution in [-0.2, 0) is 9.53 Å². The van der Waals surface area contributed by atoms with E-state index in [-0.39, 0.29) is 11.9 Å². The molecule has 2 aliphatic rings. The van der Waals surface area contributed by atoms with Crippen molar-refractivity contribution >= 4 is 22.6 Å². The van der Waals surface area contributed by atoms with Gasteiger partial charge in [-0.2, -0.15) is 4.37 Å². The predicted molar refractivity (Wildman–Crippen MR) is 81.6 cm³/mol. The van der Waals surface area contributed by atoms with Gasteiger partial charge in [0.1, 0.15) is 11.9 Å². The Bertz CT molecular complexity index is 499. The largest absolute Gasteiger partial charge is 0.381 e. The van der Waals surface area contributed by atoms with E-state index in [4.69, 9.17) is 4.74 Å². The summed E-state index contributed by atoms with van der Waals surface area (Å²) in [5.74, 6) is 1.35. The lowest BCUT2D eigenvalue weighted by Crippen LogP contribution is -2.43. The molecule has 0 aliphatic carbocycles. The Morgan fingerprint density at radius 1 is 1.33 bits per heavy atom. The normalized spacial score (nSPS) is 24.0. The number of nitrogens with one attached hydrogen (secondary N) is 1. The number of carbonyl (C=O) groups is 1. The summed E-state index contributed by atoms with van der Waals surface area (Å²) < 4.78 is 9.69. The standard InChI is InChI=1S/C14H22N4O2S/c1-9(2)12-16-14(21-17-12)15-11-3-6-18(13(11)19)10-4-7-20-8-5-10/h9-11H,3-8H2,1-2H3,(H,15,16,17)/t11-/m1/s1. The molecule has 0 aromatic carbocycles. The number of amides is 1. The second kappa shape index (κ2) is 6.27. The van der Waals surface area contributed by atoms with E-state index in [1.807, 2.05) is 4.90 Å². The lowest BCUT2D eigenvalue weighted by atomic mass is 10.1. The quantitative estimate of drug-likeness (QED) is 0.919. The highest BCUT2D eigenvalue weighted by Crippen LogP contribution is 2.25. The number of likely N-dealkylation sites (tertiary alicyclic amines) is 1. The van der Waals surface area contributed by atoms with Crippen molar-refractivity contribution in [2.45, 2.75) is 51.1 Å². The fourth-order valence-electron chi connectivity index (χ4n) is 2.87. The van der Waals surface area contributed by atoms with Gasteiger partial charge in [-0.3, -0.25) is 4.79 Å². The number of ether oxygens (including phenoxy) is 1. The van der Waals surface area contributed by atoms with E-state index >= 15 is 0 Å². The van der Waals surface area contributed by atoms with Crippen LogP contribution >= 0.6 is 11.5 Å². The summed E-state index contributed by atoms with van der Waals surface area (Å²) in [5.41, 5.74) is 0. The first-order valence-electron chi connectivity index (χ1n) is 7.63. The van der Waals surface area contributed by atoms with Crippen LogP contribution in [0.2, 0.25) is 0 Å². The minimum absolute atomic E-state index is 0.152. The highest BCUT2D eigenvalue weighted by molar-refractivity contribution is 7.09. The highest BCUT2D eigenvalue weighted by atomic mass is 32.1. The number of hydrogen-bond donors (Lipinski definition) is 1. The first-order chi connectivity index (χ1) is 10.1. The number of carbonyl (C=O) groups excluding carboxylic acids is 1. The van der Waals surface area contributed by atoms with Crippen molar-refractivity contribution in [1.29, 1.82) is 0 Å². The topological polar surface area (TPSA) is 67.3 Å². The van der Waals surface area contributed by atoms with Gasteiger partial charge in [-0.05, 0) is 19.3 Å². The molecule has 7 heteroatoms. The summed E-state index contributed by atoms with van der Waals surface area (Å²) >= 11 is 1.34. The van der Waals surface area contributed by atoms with Crippen LogP contribution in [0, 0.1) is 0 Å². The van der Waals surface area contributed by atoms with E-state index in [0.29, 0.717) is 12.0 Å². The molecule has 1 aromatic heterocycles. The highest BCUT2D eigenvalue weighted by Gasteiger charge is 2.36. The molecule has 116 valence electrons. The molecule has 2 aliphatic heterocycles. The second-order valence-electron chi connectivity index (χ2n) is 5.97. The zero-order valence-corrected chi connectivity index (χ0v) is 13.4. The maximum absolute atomic E-state index is 12.5. The van der Waals surface area contributed by atoms with Crippen LogP contribution < -0.4 is 5.32 Å². The lowest BCUT2D eigenvalue weighted by molar-refractivity contribution is -0.131. The van der Waals surface area contributed by atoms with Gasteiger partial charge in [0.2, 0.25) is 11.0 Å². The number of anilines is 1. The SMILES string of the molecule is CC(C)c1nsc(N[C@@H]2CCN(C3CCOCC3)C2=O)n1. The molecule has 0 unspecified atom stereocenters. The van der Waals surface area contributed by atoms with Crippen LogP contribution in [0.1, 0.15) is 44.9 Å². The van der Waals surface area contributed by atoms with Crippen LogP contribution in [-0.4, -0.2) is 52.0 Å². The molecule has 3 heterocycles. The Morgan fingerprint density at radius 3 is 2.76 bits per heavy atom. The molecule has 3 rings (SSSR count). The average molecular weight is 310 g/mol. The van der Waals surface area contributed by atoms with Gasteiger partial charge < -0.3 is 15.0 Å². The van der Waals surface area contributed by atoms with Gasteiger partial charge >= 0.3 is 0 Å². The van der Waals surface area contributed by atoms with Gasteiger partial charge in [0, 0.05) is 43.3 Å². The Kier molecular flexibility index (Phi) is 4.40. The zero-order chi connectivity index (χ0) is 14.8. The molecule has 2 saturated heterocycles. The third-order valence-corrected chi connectivity index (χ3v) is 4.79. The van der Waals surface area contributed by atoms with Crippen LogP contribution in [0.15, 0.2) is 0 Å². The van der Waals surface area contributed by atoms with Crippen molar-refractivity contribution < 1.29 is 9.53 Å². The van der Waals surface area contributed by atoms with E-state index in [9.17, 15) is 4.79 Å². The Morgan fingerprint density at radius 2 is 2.10 bits per heavy atom. The van der Waals surface area contributed by atoms with Crippen LogP contribution in [0.5, 0.6) is 0 Å². The Hall–Kier alpha value is -1.21. The second-order valence-corrected chi connectivity index (χ2v) is 6.73. The molecule has 1 N–H and O–H groups in total. The monoisotopic (exact) mass is 310 g/mol. The third kappa shape index (κ3) is 3.18. The van der Waals surface area contributed by atoms with Crippen molar-refractivity contribution in [3.63, 3.8) is 0 Å². The first kappa shape index (κ1) is 14.7. The van der Waals surface area contributed by atoms with Crippen LogP contribution in [0.4, 0.5) is 5.13 Å². The Balaban J connectivity index is 1.60. The summed E-state index contributed by atoms with van der Waals surface area (Å²) in [7, 11) is 0. The maximum atomic E-state index is 12.5. The Labute approximate surface area is 129 Å². The molecule has 0 spiro atoms. The van der Waals surface area contributed by atoms with Gasteiger partial charge in [0.05, 0.1) is 0 Å². The van der Waals surface area contributed by atoms with Crippen molar-refractivity contribution in [3.05, 3.63) is 5.82 Å². The number of hydrogen-bond acceptors (Lipinski definition) is 6. The van der Waals surface area contributed by atoms with E-state index in [2.05, 4.69) is 28.5 Å². The first-order valence-corrected chi connectivity index (χ1v) is 8.41. The average Bonchev–Trinajstić information content (AvgIpc) is 3.09. The van der Waals surface area contributed by atoms with E-state index in [0.717, 1.165) is 50.0 Å². The molecule has 0 saturated carbocycles. The van der Waals surface area contributed by atoms with Crippen molar-refractivity contribution in [1.82, 2.24) is 14.3 Å². The summed E-state index contributed by atoms with van der Waals surface area (Å²) in [5, 5.41) is 4.01. The summed E-state index contributed by atoms with van der Waals surface area (Å²) in [4.78, 5) is 19.0. The maximum Gasteiger partial charge on any atom is 0.245 e. The summed E-state index contributed by atoms with van der Waals surface area (Å²) in [6.07, 6.45) is 2.75. The molecule has 1 amide bonds. The minimum atomic E-state index is -0.152. The van der Waals surface area contributed by atoms with Crippen LogP contribution in [0.25, 0.3) is 0 Å². The van der Waals surface area contributed by atoms with Gasteiger partial charge in [-0.15, -0.1) is 0 Å². The molecular formula is C14H22N4O2S. The van der Waals surface area contributed by atoms with Gasteiger partial charge in [0.25, 0.3) is 0 Å². The summed E-state index contributed by atoms with van der Waals surface area (Å²) in [6, 6.07) is 0.194. The van der Waals surface area contributed by atoms with E-state index in [1.54, 1.807) is 0 Å². The zero-order valence-electron chi connectivity index (χ0n) is 12.5. The molecule has 1 aromatic rings. The van der Waals surface area contributed by atoms with Crippen LogP contribution in [0.3, 0.4) is 0 Å². The number of rotatable bonds is 4.